The van der Waals surface area contributed by atoms with Crippen molar-refractivity contribution in [1.82, 2.24) is 15.6 Å². The molecule has 0 bridgehead atoms. The molecule has 0 saturated carbocycles. The molecule has 152 valence electrons. The number of aryl methyl sites for hydroxylation is 1. The Kier molecular flexibility index (Phi) is 8.22. The number of guanidine groups is 1. The molecule has 0 spiro atoms. The van der Waals surface area contributed by atoms with Crippen LogP contribution in [-0.2, 0) is 30.9 Å². The Morgan fingerprint density at radius 1 is 0.966 bits per heavy atom. The van der Waals surface area contributed by atoms with Crippen LogP contribution in [0, 0.1) is 6.92 Å². The van der Waals surface area contributed by atoms with Crippen molar-refractivity contribution in [3.8, 4) is 0 Å². The average Bonchev–Trinajstić information content (AvgIpc) is 3.17. The van der Waals surface area contributed by atoms with Gasteiger partial charge in [0.1, 0.15) is 0 Å². The molecule has 0 fully saturated rings. The van der Waals surface area contributed by atoms with E-state index in [4.69, 9.17) is 4.74 Å². The van der Waals surface area contributed by atoms with Gasteiger partial charge in [-0.2, -0.15) is 0 Å². The van der Waals surface area contributed by atoms with Gasteiger partial charge in [-0.25, -0.2) is 4.98 Å². The summed E-state index contributed by atoms with van der Waals surface area (Å²) in [7, 11) is 1.79. The van der Waals surface area contributed by atoms with E-state index >= 15 is 0 Å². The van der Waals surface area contributed by atoms with E-state index < -0.39 is 0 Å². The van der Waals surface area contributed by atoms with Crippen LogP contribution in [0.4, 0.5) is 0 Å². The van der Waals surface area contributed by atoms with Gasteiger partial charge in [-0.15, -0.1) is 11.3 Å². The van der Waals surface area contributed by atoms with Crippen LogP contribution in [0.3, 0.4) is 0 Å². The Hall–Kier alpha value is -2.70. The van der Waals surface area contributed by atoms with Gasteiger partial charge in [-0.1, -0.05) is 54.6 Å². The predicted octanol–water partition coefficient (Wildman–Crippen LogP) is 4.08. The highest BCUT2D eigenvalue weighted by Gasteiger charge is 2.02. The normalized spacial score (nSPS) is 11.4. The number of hydrogen-bond acceptors (Lipinski definition) is 4. The highest BCUT2D eigenvalue weighted by atomic mass is 32.1. The summed E-state index contributed by atoms with van der Waals surface area (Å²) in [5, 5.41) is 9.90. The van der Waals surface area contributed by atoms with Crippen LogP contribution in [-0.4, -0.2) is 24.5 Å². The third kappa shape index (κ3) is 7.33. The summed E-state index contributed by atoms with van der Waals surface area (Å²) >= 11 is 1.69. The van der Waals surface area contributed by atoms with Crippen LogP contribution in [0.5, 0.6) is 0 Å². The summed E-state index contributed by atoms with van der Waals surface area (Å²) in [5.74, 6) is 0.798. The van der Waals surface area contributed by atoms with Gasteiger partial charge in [0, 0.05) is 31.9 Å². The average molecular weight is 409 g/mol. The minimum Gasteiger partial charge on any atom is -0.372 e. The Balaban J connectivity index is 1.37. The largest absolute Gasteiger partial charge is 0.372 e. The van der Waals surface area contributed by atoms with Gasteiger partial charge in [0.2, 0.25) is 0 Å². The van der Waals surface area contributed by atoms with Gasteiger partial charge >= 0.3 is 0 Å². The van der Waals surface area contributed by atoms with Gasteiger partial charge < -0.3 is 15.4 Å². The van der Waals surface area contributed by atoms with E-state index in [1.54, 1.807) is 18.4 Å². The summed E-state index contributed by atoms with van der Waals surface area (Å²) in [6.07, 6.45) is 0.892. The molecule has 2 aromatic carbocycles. The first-order chi connectivity index (χ1) is 14.2. The summed E-state index contributed by atoms with van der Waals surface area (Å²) in [4.78, 5) is 8.76. The molecule has 2 N–H and O–H groups in total. The van der Waals surface area contributed by atoms with Crippen LogP contribution < -0.4 is 10.6 Å². The van der Waals surface area contributed by atoms with Crippen molar-refractivity contribution < 1.29 is 4.74 Å². The molecule has 0 aliphatic carbocycles. The maximum absolute atomic E-state index is 5.79. The van der Waals surface area contributed by atoms with E-state index in [-0.39, 0.29) is 0 Å². The van der Waals surface area contributed by atoms with Crippen LogP contribution >= 0.6 is 11.3 Å². The first-order valence-corrected chi connectivity index (χ1v) is 10.7. The second-order valence-electron chi connectivity index (χ2n) is 6.76. The summed E-state index contributed by atoms with van der Waals surface area (Å²) in [6.45, 7) is 4.80. The molecule has 3 rings (SSSR count). The zero-order chi connectivity index (χ0) is 20.3. The van der Waals surface area contributed by atoms with E-state index in [0.29, 0.717) is 13.2 Å². The fraction of sp³-hybridized carbons (Fsp3) is 0.304. The van der Waals surface area contributed by atoms with Gasteiger partial charge in [0.25, 0.3) is 0 Å². The number of aromatic nitrogens is 1. The standard InChI is InChI=1S/C23H28N4OS/c1-18-27-22(17-29-18)12-13-25-23(24-2)26-14-19-8-10-21(11-9-19)16-28-15-20-6-4-3-5-7-20/h3-11,17H,12-16H2,1-2H3,(H2,24,25,26). The Morgan fingerprint density at radius 2 is 1.66 bits per heavy atom. The molecular formula is C23H28N4OS. The molecule has 0 unspecified atom stereocenters. The first-order valence-electron chi connectivity index (χ1n) is 9.78. The monoisotopic (exact) mass is 408 g/mol. The van der Waals surface area contributed by atoms with E-state index in [0.717, 1.165) is 36.2 Å². The highest BCUT2D eigenvalue weighted by molar-refractivity contribution is 7.09. The van der Waals surface area contributed by atoms with Crippen molar-refractivity contribution in [3.63, 3.8) is 0 Å². The van der Waals surface area contributed by atoms with E-state index in [1.807, 2.05) is 25.1 Å². The fourth-order valence-electron chi connectivity index (χ4n) is 2.85. The number of benzene rings is 2. The quantitative estimate of drug-likeness (QED) is 0.414. The molecule has 29 heavy (non-hydrogen) atoms. The molecule has 0 aliphatic heterocycles. The number of nitrogens with one attached hydrogen (secondary N) is 2. The molecule has 0 radical (unpaired) electrons. The Labute approximate surface area is 176 Å². The van der Waals surface area contributed by atoms with Crippen LogP contribution in [0.1, 0.15) is 27.4 Å². The summed E-state index contributed by atoms with van der Waals surface area (Å²) in [6, 6.07) is 18.7. The molecule has 0 saturated heterocycles. The first kappa shape index (κ1) is 21.0. The van der Waals surface area contributed by atoms with Gasteiger partial charge in [0.15, 0.2) is 5.96 Å². The molecule has 1 aromatic heterocycles. The Morgan fingerprint density at radius 3 is 2.31 bits per heavy atom. The minimum atomic E-state index is 0.613. The summed E-state index contributed by atoms with van der Waals surface area (Å²) in [5.41, 5.74) is 4.69. The summed E-state index contributed by atoms with van der Waals surface area (Å²) < 4.78 is 5.79. The third-order valence-corrected chi connectivity index (χ3v) is 5.25. The van der Waals surface area contributed by atoms with Crippen LogP contribution in [0.15, 0.2) is 65.0 Å². The van der Waals surface area contributed by atoms with Crippen molar-refractivity contribution in [2.45, 2.75) is 33.1 Å². The van der Waals surface area contributed by atoms with Gasteiger partial charge in [-0.05, 0) is 23.6 Å². The third-order valence-electron chi connectivity index (χ3n) is 4.43. The molecule has 1 heterocycles. The number of thiazole rings is 1. The van der Waals surface area contributed by atoms with Crippen molar-refractivity contribution in [2.75, 3.05) is 13.6 Å². The number of aliphatic imine (C=N–C) groups is 1. The predicted molar refractivity (Wildman–Crippen MR) is 120 cm³/mol. The van der Waals surface area contributed by atoms with Crippen molar-refractivity contribution in [2.24, 2.45) is 4.99 Å². The van der Waals surface area contributed by atoms with Gasteiger partial charge in [0.05, 0.1) is 23.9 Å². The molecule has 3 aromatic rings. The van der Waals surface area contributed by atoms with Crippen LogP contribution in [0.25, 0.3) is 0 Å². The zero-order valence-corrected chi connectivity index (χ0v) is 17.8. The molecule has 6 heteroatoms. The zero-order valence-electron chi connectivity index (χ0n) is 17.0. The van der Waals surface area contributed by atoms with E-state index in [9.17, 15) is 0 Å². The molecule has 0 aliphatic rings. The second-order valence-corrected chi connectivity index (χ2v) is 7.82. The minimum absolute atomic E-state index is 0.613. The lowest BCUT2D eigenvalue weighted by molar-refractivity contribution is 0.107. The van der Waals surface area contributed by atoms with Crippen molar-refractivity contribution in [1.29, 1.82) is 0 Å². The number of hydrogen-bond donors (Lipinski definition) is 2. The number of rotatable bonds is 9. The fourth-order valence-corrected chi connectivity index (χ4v) is 3.50. The second kappa shape index (κ2) is 11.3. The Bertz CT molecular complexity index is 891. The van der Waals surface area contributed by atoms with Gasteiger partial charge in [-0.3, -0.25) is 4.99 Å². The lowest BCUT2D eigenvalue weighted by atomic mass is 10.1. The van der Waals surface area contributed by atoms with Crippen LogP contribution in [0.2, 0.25) is 0 Å². The topological polar surface area (TPSA) is 58.5 Å². The number of nitrogens with zero attached hydrogens (tertiary/aromatic N) is 2. The maximum atomic E-state index is 5.79. The lowest BCUT2D eigenvalue weighted by Gasteiger charge is -2.12. The van der Waals surface area contributed by atoms with Crippen molar-refractivity contribution in [3.05, 3.63) is 87.4 Å². The van der Waals surface area contributed by atoms with E-state index in [1.165, 1.54) is 16.7 Å². The molecule has 0 atom stereocenters. The smallest absolute Gasteiger partial charge is 0.191 e. The molecule has 0 amide bonds. The molecule has 5 nitrogen and oxygen atoms in total. The maximum Gasteiger partial charge on any atom is 0.191 e. The number of ether oxygens (including phenoxy) is 1. The van der Waals surface area contributed by atoms with Crippen molar-refractivity contribution >= 4 is 17.3 Å². The highest BCUT2D eigenvalue weighted by Crippen LogP contribution is 2.09. The molecular weight excluding hydrogens is 380 g/mol. The lowest BCUT2D eigenvalue weighted by Crippen LogP contribution is -2.37. The SMILES string of the molecule is CN=C(NCCc1csc(C)n1)NCc1ccc(COCc2ccccc2)cc1. The van der Waals surface area contributed by atoms with E-state index in [2.05, 4.69) is 62.4 Å².